The predicted molar refractivity (Wildman–Crippen MR) is 47.9 cm³/mol. The molecule has 0 bridgehead atoms. The van der Waals surface area contributed by atoms with Crippen LogP contribution in [0, 0.1) is 18.3 Å². The molecule has 16 heavy (non-hydrogen) atoms. The number of carboxylic acid groups (broad SMARTS) is 1. The van der Waals surface area contributed by atoms with Crippen LogP contribution in [0.15, 0.2) is 12.1 Å². The number of rotatable bonds is 1. The van der Waals surface area contributed by atoms with Gasteiger partial charge in [0.05, 0.1) is 22.8 Å². The van der Waals surface area contributed by atoms with Crippen molar-refractivity contribution in [2.24, 2.45) is 0 Å². The molecule has 0 aliphatic carbocycles. The van der Waals surface area contributed by atoms with Crippen molar-refractivity contribution in [2.75, 3.05) is 0 Å². The summed E-state index contributed by atoms with van der Waals surface area (Å²) >= 11 is 0. The Morgan fingerprint density at radius 2 is 2.00 bits per heavy atom. The van der Waals surface area contributed by atoms with E-state index in [2.05, 4.69) is 0 Å². The Hall–Kier alpha value is -2.03. The zero-order chi connectivity index (χ0) is 12.5. The number of halogens is 3. The van der Waals surface area contributed by atoms with E-state index >= 15 is 0 Å². The second-order valence-electron chi connectivity index (χ2n) is 3.13. The minimum atomic E-state index is -4.79. The van der Waals surface area contributed by atoms with E-state index in [4.69, 9.17) is 10.4 Å². The molecule has 0 aliphatic rings. The number of carbonyl (C=O) groups is 1. The molecule has 0 saturated heterocycles. The van der Waals surface area contributed by atoms with Crippen LogP contribution in [0.1, 0.15) is 27.0 Å². The van der Waals surface area contributed by atoms with Gasteiger partial charge in [0.25, 0.3) is 0 Å². The van der Waals surface area contributed by atoms with Crippen LogP contribution in [0.25, 0.3) is 0 Å². The number of aryl methyl sites for hydroxylation is 1. The molecule has 6 heteroatoms. The minimum Gasteiger partial charge on any atom is -0.478 e. The summed E-state index contributed by atoms with van der Waals surface area (Å²) in [6, 6.07) is 3.20. The van der Waals surface area contributed by atoms with Crippen LogP contribution >= 0.6 is 0 Å². The van der Waals surface area contributed by atoms with Gasteiger partial charge in [-0.25, -0.2) is 4.79 Å². The normalized spacial score (nSPS) is 10.9. The summed E-state index contributed by atoms with van der Waals surface area (Å²) in [5, 5.41) is 17.2. The fourth-order valence-corrected chi connectivity index (χ4v) is 1.36. The number of nitriles is 1. The van der Waals surface area contributed by atoms with E-state index < -0.39 is 23.3 Å². The highest BCUT2D eigenvalue weighted by molar-refractivity contribution is 5.91. The van der Waals surface area contributed by atoms with E-state index in [0.29, 0.717) is 6.07 Å². The minimum absolute atomic E-state index is 0.0844. The molecule has 0 aliphatic heterocycles. The van der Waals surface area contributed by atoms with Crippen molar-refractivity contribution in [3.63, 3.8) is 0 Å². The first kappa shape index (κ1) is 12.0. The maximum atomic E-state index is 12.5. The highest BCUT2D eigenvalue weighted by Crippen LogP contribution is 2.34. The average Bonchev–Trinajstić information content (AvgIpc) is 2.14. The van der Waals surface area contributed by atoms with Crippen LogP contribution in [-0.4, -0.2) is 11.1 Å². The molecule has 1 aromatic carbocycles. The van der Waals surface area contributed by atoms with Crippen molar-refractivity contribution in [2.45, 2.75) is 13.1 Å². The highest BCUT2D eigenvalue weighted by Gasteiger charge is 2.36. The van der Waals surface area contributed by atoms with E-state index in [1.54, 1.807) is 6.07 Å². The van der Waals surface area contributed by atoms with Gasteiger partial charge >= 0.3 is 12.1 Å². The molecule has 84 valence electrons. The molecular weight excluding hydrogens is 223 g/mol. The monoisotopic (exact) mass is 229 g/mol. The van der Waals surface area contributed by atoms with Crippen LogP contribution in [0.4, 0.5) is 13.2 Å². The maximum Gasteiger partial charge on any atom is 0.417 e. The van der Waals surface area contributed by atoms with Gasteiger partial charge < -0.3 is 5.11 Å². The molecule has 1 aromatic rings. The third-order valence-electron chi connectivity index (χ3n) is 1.98. The Labute approximate surface area is 88.7 Å². The second-order valence-corrected chi connectivity index (χ2v) is 3.13. The van der Waals surface area contributed by atoms with Crippen molar-refractivity contribution in [3.05, 3.63) is 34.4 Å². The lowest BCUT2D eigenvalue weighted by Crippen LogP contribution is -2.15. The standard InChI is InChI=1S/C10H6F3NO2/c1-5-2-6(4-14)3-7(10(11,12)13)8(5)9(15)16/h2-3H,1H3,(H,15,16). The van der Waals surface area contributed by atoms with Crippen molar-refractivity contribution in [1.82, 2.24) is 0 Å². The molecule has 0 fully saturated rings. The van der Waals surface area contributed by atoms with E-state index in [-0.39, 0.29) is 11.1 Å². The van der Waals surface area contributed by atoms with Crippen LogP contribution in [0.2, 0.25) is 0 Å². The molecule has 0 spiro atoms. The molecule has 3 nitrogen and oxygen atoms in total. The number of carboxylic acids is 1. The summed E-state index contributed by atoms with van der Waals surface area (Å²) in [5.41, 5.74) is -2.41. The van der Waals surface area contributed by atoms with Crippen molar-refractivity contribution in [1.29, 1.82) is 5.26 Å². The lowest BCUT2D eigenvalue weighted by atomic mass is 9.98. The second kappa shape index (κ2) is 3.85. The smallest absolute Gasteiger partial charge is 0.417 e. The Bertz CT molecular complexity index is 486. The molecule has 1 rings (SSSR count). The van der Waals surface area contributed by atoms with Crippen LogP contribution in [0.3, 0.4) is 0 Å². The van der Waals surface area contributed by atoms with Gasteiger partial charge in [-0.1, -0.05) is 0 Å². The van der Waals surface area contributed by atoms with E-state index in [9.17, 15) is 18.0 Å². The Kier molecular flexibility index (Phi) is 2.90. The topological polar surface area (TPSA) is 61.1 Å². The molecular formula is C10H6F3NO2. The SMILES string of the molecule is Cc1cc(C#N)cc(C(F)(F)F)c1C(=O)O. The van der Waals surface area contributed by atoms with E-state index in [0.717, 1.165) is 6.07 Å². The van der Waals surface area contributed by atoms with Gasteiger partial charge in [-0.05, 0) is 24.6 Å². The van der Waals surface area contributed by atoms with E-state index in [1.165, 1.54) is 6.92 Å². The van der Waals surface area contributed by atoms with Gasteiger partial charge in [0, 0.05) is 0 Å². The molecule has 1 N–H and O–H groups in total. The van der Waals surface area contributed by atoms with Gasteiger partial charge in [0.2, 0.25) is 0 Å². The Balaban J connectivity index is 3.61. The predicted octanol–water partition coefficient (Wildman–Crippen LogP) is 2.58. The van der Waals surface area contributed by atoms with Gasteiger partial charge in [-0.3, -0.25) is 0 Å². The summed E-state index contributed by atoms with van der Waals surface area (Å²) in [6.07, 6.45) is -4.79. The molecule has 0 atom stereocenters. The van der Waals surface area contributed by atoms with Gasteiger partial charge in [-0.2, -0.15) is 18.4 Å². The zero-order valence-electron chi connectivity index (χ0n) is 8.09. The third-order valence-corrected chi connectivity index (χ3v) is 1.98. The van der Waals surface area contributed by atoms with Crippen molar-refractivity contribution in [3.8, 4) is 6.07 Å². The summed E-state index contributed by atoms with van der Waals surface area (Å²) in [4.78, 5) is 10.7. The fourth-order valence-electron chi connectivity index (χ4n) is 1.36. The van der Waals surface area contributed by atoms with Crippen molar-refractivity contribution >= 4 is 5.97 Å². The molecule has 0 heterocycles. The lowest BCUT2D eigenvalue weighted by molar-refractivity contribution is -0.138. The number of hydrogen-bond acceptors (Lipinski definition) is 2. The fraction of sp³-hybridized carbons (Fsp3) is 0.200. The Morgan fingerprint density at radius 1 is 1.44 bits per heavy atom. The molecule has 0 unspecified atom stereocenters. The summed E-state index contributed by atoms with van der Waals surface area (Å²) in [5.74, 6) is -1.66. The molecule has 0 amide bonds. The quantitative estimate of drug-likeness (QED) is 0.804. The number of nitrogens with zero attached hydrogens (tertiary/aromatic N) is 1. The zero-order valence-corrected chi connectivity index (χ0v) is 8.09. The van der Waals surface area contributed by atoms with Crippen LogP contribution in [-0.2, 0) is 6.18 Å². The molecule has 0 saturated carbocycles. The summed E-state index contributed by atoms with van der Waals surface area (Å²) in [6.45, 7) is 1.22. The first-order valence-corrected chi connectivity index (χ1v) is 4.12. The maximum absolute atomic E-state index is 12.5. The number of aromatic carboxylic acids is 1. The van der Waals surface area contributed by atoms with Crippen LogP contribution < -0.4 is 0 Å². The summed E-state index contributed by atoms with van der Waals surface area (Å²) < 4.78 is 37.6. The first-order chi connectivity index (χ1) is 7.27. The van der Waals surface area contributed by atoms with Gasteiger partial charge in [0.1, 0.15) is 0 Å². The number of hydrogen-bond donors (Lipinski definition) is 1. The lowest BCUT2D eigenvalue weighted by Gasteiger charge is -2.12. The third kappa shape index (κ3) is 2.14. The Morgan fingerprint density at radius 3 is 2.38 bits per heavy atom. The van der Waals surface area contributed by atoms with Crippen molar-refractivity contribution < 1.29 is 23.1 Å². The first-order valence-electron chi connectivity index (χ1n) is 4.12. The average molecular weight is 229 g/mol. The van der Waals surface area contributed by atoms with Gasteiger partial charge in [-0.15, -0.1) is 0 Å². The summed E-state index contributed by atoms with van der Waals surface area (Å²) in [7, 11) is 0. The number of alkyl halides is 3. The largest absolute Gasteiger partial charge is 0.478 e. The van der Waals surface area contributed by atoms with Crippen LogP contribution in [0.5, 0.6) is 0 Å². The number of benzene rings is 1. The van der Waals surface area contributed by atoms with Gasteiger partial charge in [0.15, 0.2) is 0 Å². The highest BCUT2D eigenvalue weighted by atomic mass is 19.4. The molecule has 0 radical (unpaired) electrons. The van der Waals surface area contributed by atoms with E-state index in [1.807, 2.05) is 0 Å². The molecule has 0 aromatic heterocycles.